The van der Waals surface area contributed by atoms with Gasteiger partial charge in [-0.15, -0.1) is 0 Å². The van der Waals surface area contributed by atoms with Crippen LogP contribution in [0.5, 0.6) is 5.75 Å². The second-order valence-corrected chi connectivity index (χ2v) is 7.39. The van der Waals surface area contributed by atoms with Gasteiger partial charge >= 0.3 is 6.16 Å². The summed E-state index contributed by atoms with van der Waals surface area (Å²) in [5, 5.41) is 2.80. The molecule has 0 aliphatic heterocycles. The number of carbonyl (C=O) groups is 2. The number of carbonyl (C=O) groups excluding carboxylic acids is 2. The fourth-order valence-corrected chi connectivity index (χ4v) is 2.75. The summed E-state index contributed by atoms with van der Waals surface area (Å²) in [5.74, 6) is 5.87. The smallest absolute Gasteiger partial charge is 0.434 e. The molecule has 0 bridgehead atoms. The van der Waals surface area contributed by atoms with Gasteiger partial charge in [0.2, 0.25) is 0 Å². The Hall–Kier alpha value is -4.11. The number of anilines is 3. The van der Waals surface area contributed by atoms with Crippen molar-refractivity contribution in [3.8, 4) is 17.0 Å². The maximum atomic E-state index is 12.7. The van der Waals surface area contributed by atoms with Crippen molar-refractivity contribution in [2.24, 2.45) is 11.8 Å². The zero-order chi connectivity index (χ0) is 23.1. The molecule has 1 heterocycles. The fraction of sp³-hybridized carbons (Fsp3) is 0.174. The van der Waals surface area contributed by atoms with E-state index in [9.17, 15) is 9.59 Å². The van der Waals surface area contributed by atoms with E-state index in [2.05, 4.69) is 15.7 Å². The topological polar surface area (TPSA) is 142 Å². The SMILES string of the molecule is CC(C)COC(=O)Oc1ccc(NC(=O)c2cccc(-c3ccc(NN)c(N)n3)c2)cc1. The molecular weight excluding hydrogens is 410 g/mol. The van der Waals surface area contributed by atoms with E-state index in [1.54, 1.807) is 54.6 Å². The van der Waals surface area contributed by atoms with E-state index in [1.165, 1.54) is 0 Å². The van der Waals surface area contributed by atoms with Crippen LogP contribution in [0.25, 0.3) is 11.3 Å². The highest BCUT2D eigenvalue weighted by molar-refractivity contribution is 6.05. The first-order valence-electron chi connectivity index (χ1n) is 9.95. The number of nitrogens with zero attached hydrogens (tertiary/aromatic N) is 1. The van der Waals surface area contributed by atoms with Crippen LogP contribution in [-0.4, -0.2) is 23.7 Å². The Labute approximate surface area is 185 Å². The number of hydrogen-bond acceptors (Lipinski definition) is 8. The number of pyridine rings is 1. The lowest BCUT2D eigenvalue weighted by Gasteiger charge is -2.10. The number of aromatic nitrogens is 1. The summed E-state index contributed by atoms with van der Waals surface area (Å²) < 4.78 is 10.1. The van der Waals surface area contributed by atoms with Crippen molar-refractivity contribution in [3.05, 3.63) is 66.2 Å². The third kappa shape index (κ3) is 5.96. The summed E-state index contributed by atoms with van der Waals surface area (Å²) in [5.41, 5.74) is 11.2. The van der Waals surface area contributed by atoms with Crippen LogP contribution in [0.15, 0.2) is 60.7 Å². The molecule has 6 N–H and O–H groups in total. The van der Waals surface area contributed by atoms with Crippen LogP contribution in [0.2, 0.25) is 0 Å². The molecule has 0 fully saturated rings. The maximum Gasteiger partial charge on any atom is 0.513 e. The number of amides is 1. The van der Waals surface area contributed by atoms with Crippen molar-refractivity contribution in [2.45, 2.75) is 13.8 Å². The minimum atomic E-state index is -0.767. The second kappa shape index (κ2) is 10.3. The lowest BCUT2D eigenvalue weighted by atomic mass is 10.1. The van der Waals surface area contributed by atoms with Crippen molar-refractivity contribution in [3.63, 3.8) is 0 Å². The molecule has 2 aromatic carbocycles. The number of benzene rings is 2. The Morgan fingerprint density at radius 1 is 1.06 bits per heavy atom. The highest BCUT2D eigenvalue weighted by Gasteiger charge is 2.11. The van der Waals surface area contributed by atoms with E-state index in [-0.39, 0.29) is 24.2 Å². The minimum absolute atomic E-state index is 0.217. The Morgan fingerprint density at radius 3 is 2.47 bits per heavy atom. The molecule has 9 nitrogen and oxygen atoms in total. The van der Waals surface area contributed by atoms with Gasteiger partial charge in [0, 0.05) is 16.8 Å². The number of nitrogen functional groups attached to an aromatic ring is 2. The van der Waals surface area contributed by atoms with Gasteiger partial charge in [0.05, 0.1) is 18.0 Å². The molecule has 3 aromatic rings. The Morgan fingerprint density at radius 2 is 1.81 bits per heavy atom. The van der Waals surface area contributed by atoms with Gasteiger partial charge in [0.25, 0.3) is 5.91 Å². The molecule has 1 amide bonds. The van der Waals surface area contributed by atoms with E-state index in [1.807, 2.05) is 19.9 Å². The van der Waals surface area contributed by atoms with E-state index in [0.29, 0.717) is 28.4 Å². The zero-order valence-corrected chi connectivity index (χ0v) is 17.8. The second-order valence-electron chi connectivity index (χ2n) is 7.39. The largest absolute Gasteiger partial charge is 0.513 e. The molecule has 1 aromatic heterocycles. The quantitative estimate of drug-likeness (QED) is 0.189. The first-order valence-corrected chi connectivity index (χ1v) is 9.95. The van der Waals surface area contributed by atoms with E-state index in [4.69, 9.17) is 21.1 Å². The number of ether oxygens (including phenoxy) is 2. The van der Waals surface area contributed by atoms with E-state index >= 15 is 0 Å². The minimum Gasteiger partial charge on any atom is -0.434 e. The molecule has 0 radical (unpaired) electrons. The van der Waals surface area contributed by atoms with Crippen molar-refractivity contribution in [1.82, 2.24) is 4.98 Å². The predicted octanol–water partition coefficient (Wildman–Crippen LogP) is 4.04. The van der Waals surface area contributed by atoms with Gasteiger partial charge in [0.15, 0.2) is 0 Å². The lowest BCUT2D eigenvalue weighted by Crippen LogP contribution is -2.14. The van der Waals surface area contributed by atoms with Crippen molar-refractivity contribution in [1.29, 1.82) is 0 Å². The molecule has 3 rings (SSSR count). The number of hydrazine groups is 1. The number of hydrogen-bond donors (Lipinski definition) is 4. The van der Waals surface area contributed by atoms with Crippen molar-refractivity contribution >= 4 is 29.3 Å². The van der Waals surface area contributed by atoms with Gasteiger partial charge in [-0.2, -0.15) is 0 Å². The van der Waals surface area contributed by atoms with Crippen molar-refractivity contribution in [2.75, 3.05) is 23.1 Å². The summed E-state index contributed by atoms with van der Waals surface area (Å²) in [4.78, 5) is 28.6. The van der Waals surface area contributed by atoms with Crippen LogP contribution < -0.4 is 27.1 Å². The van der Waals surface area contributed by atoms with Crippen LogP contribution in [0, 0.1) is 5.92 Å². The summed E-state index contributed by atoms with van der Waals surface area (Å²) in [7, 11) is 0. The Balaban J connectivity index is 1.65. The molecule has 32 heavy (non-hydrogen) atoms. The number of nitrogens with two attached hydrogens (primary N) is 2. The molecule has 0 saturated carbocycles. The van der Waals surface area contributed by atoms with Gasteiger partial charge in [-0.25, -0.2) is 9.78 Å². The average molecular weight is 435 g/mol. The predicted molar refractivity (Wildman–Crippen MR) is 123 cm³/mol. The van der Waals surface area contributed by atoms with Crippen LogP contribution in [0.3, 0.4) is 0 Å². The molecule has 0 atom stereocenters. The van der Waals surface area contributed by atoms with Gasteiger partial charge in [0.1, 0.15) is 11.6 Å². The molecule has 0 spiro atoms. The average Bonchev–Trinajstić information content (AvgIpc) is 2.79. The van der Waals surface area contributed by atoms with E-state index in [0.717, 1.165) is 5.56 Å². The molecule has 166 valence electrons. The summed E-state index contributed by atoms with van der Waals surface area (Å²) >= 11 is 0. The highest BCUT2D eigenvalue weighted by Crippen LogP contribution is 2.24. The zero-order valence-electron chi connectivity index (χ0n) is 17.8. The van der Waals surface area contributed by atoms with E-state index < -0.39 is 6.16 Å². The van der Waals surface area contributed by atoms with Gasteiger partial charge in [-0.3, -0.25) is 10.6 Å². The molecule has 0 aliphatic rings. The normalized spacial score (nSPS) is 10.5. The highest BCUT2D eigenvalue weighted by atomic mass is 16.7. The van der Waals surface area contributed by atoms with Crippen molar-refractivity contribution < 1.29 is 19.1 Å². The molecule has 0 aliphatic carbocycles. The van der Waals surface area contributed by atoms with Crippen LogP contribution in [0.4, 0.5) is 22.0 Å². The molecule has 0 unspecified atom stereocenters. The first kappa shape index (κ1) is 22.6. The third-order valence-electron chi connectivity index (χ3n) is 4.35. The summed E-state index contributed by atoms with van der Waals surface area (Å²) in [6, 6.07) is 16.9. The lowest BCUT2D eigenvalue weighted by molar-refractivity contribution is 0.0885. The maximum absolute atomic E-state index is 12.7. The van der Waals surface area contributed by atoms with Crippen LogP contribution in [0.1, 0.15) is 24.2 Å². The summed E-state index contributed by atoms with van der Waals surface area (Å²) in [6.45, 7) is 4.14. The first-order chi connectivity index (χ1) is 15.4. The fourth-order valence-electron chi connectivity index (χ4n) is 2.75. The molecule has 0 saturated heterocycles. The Bertz CT molecular complexity index is 1100. The van der Waals surface area contributed by atoms with Gasteiger partial charge in [-0.05, 0) is 54.4 Å². The summed E-state index contributed by atoms with van der Waals surface area (Å²) in [6.07, 6.45) is -0.767. The monoisotopic (exact) mass is 435 g/mol. The number of nitrogens with one attached hydrogen (secondary N) is 2. The molecule has 9 heteroatoms. The van der Waals surface area contributed by atoms with Crippen LogP contribution >= 0.6 is 0 Å². The Kier molecular flexibility index (Phi) is 7.25. The third-order valence-corrected chi connectivity index (χ3v) is 4.35. The standard InChI is InChI=1S/C23H25N5O4/c1-14(2)13-31-23(30)32-18-8-6-17(7-9-18)26-22(29)16-5-3-4-15(12-16)19-10-11-20(28-25)21(24)27-19/h3-12,14,28H,13,25H2,1-2H3,(H2,24,27)(H,26,29). The number of rotatable bonds is 7. The molecular formula is C23H25N5O4. The van der Waals surface area contributed by atoms with Gasteiger partial charge < -0.3 is 25.9 Å². The van der Waals surface area contributed by atoms with Crippen LogP contribution in [-0.2, 0) is 4.74 Å². The van der Waals surface area contributed by atoms with Gasteiger partial charge in [-0.1, -0.05) is 26.0 Å².